The van der Waals surface area contributed by atoms with Gasteiger partial charge in [-0.3, -0.25) is 4.79 Å². The molecular formula is C17H23NO3. The van der Waals surface area contributed by atoms with Crippen LogP contribution in [0.2, 0.25) is 0 Å². The van der Waals surface area contributed by atoms with Crippen LogP contribution in [-0.4, -0.2) is 37.9 Å². The number of hydrogen-bond acceptors (Lipinski definition) is 3. The van der Waals surface area contributed by atoms with Crippen LogP contribution >= 0.6 is 0 Å². The van der Waals surface area contributed by atoms with Gasteiger partial charge in [0.15, 0.2) is 0 Å². The zero-order valence-electron chi connectivity index (χ0n) is 12.5. The summed E-state index contributed by atoms with van der Waals surface area (Å²) in [7, 11) is 0. The minimum atomic E-state index is -0.00902. The molecule has 1 heterocycles. The second-order valence-corrected chi connectivity index (χ2v) is 5.87. The first kappa shape index (κ1) is 14.5. The van der Waals surface area contributed by atoms with E-state index in [9.17, 15) is 4.79 Å². The van der Waals surface area contributed by atoms with Crippen LogP contribution in [0.25, 0.3) is 0 Å². The maximum atomic E-state index is 11.9. The fourth-order valence-electron chi connectivity index (χ4n) is 3.60. The fraction of sp³-hybridized carbons (Fsp3) is 0.588. The molecule has 0 aromatic heterocycles. The standard InChI is InChI=1S/C17H23NO3/c1-2-20-11-15(19)18-16-13-8-9-21-17(13)14(16)10-12-6-4-3-5-7-12/h3-7,13-14,16-17H,2,8-11H2,1H3,(H,18,19)/t13-,14+,16-,17-/m1/s1. The molecule has 1 amide bonds. The number of nitrogens with one attached hydrogen (secondary N) is 1. The van der Waals surface area contributed by atoms with E-state index in [0.717, 1.165) is 19.4 Å². The molecule has 1 N–H and O–H groups in total. The third-order valence-electron chi connectivity index (χ3n) is 4.61. The van der Waals surface area contributed by atoms with Crippen molar-refractivity contribution in [2.75, 3.05) is 19.8 Å². The number of ether oxygens (including phenoxy) is 2. The Bertz CT molecular complexity index is 476. The molecule has 21 heavy (non-hydrogen) atoms. The van der Waals surface area contributed by atoms with E-state index < -0.39 is 0 Å². The summed E-state index contributed by atoms with van der Waals surface area (Å²) in [6.07, 6.45) is 2.32. The Hall–Kier alpha value is -1.39. The molecule has 1 saturated carbocycles. The minimum absolute atomic E-state index is 0.00902. The highest BCUT2D eigenvalue weighted by molar-refractivity contribution is 5.77. The van der Waals surface area contributed by atoms with Gasteiger partial charge in [-0.05, 0) is 25.3 Å². The van der Waals surface area contributed by atoms with E-state index >= 15 is 0 Å². The number of benzene rings is 1. The lowest BCUT2D eigenvalue weighted by molar-refractivity contribution is -0.131. The van der Waals surface area contributed by atoms with Crippen LogP contribution in [0, 0.1) is 11.8 Å². The average molecular weight is 289 g/mol. The topological polar surface area (TPSA) is 47.6 Å². The van der Waals surface area contributed by atoms with Crippen LogP contribution in [-0.2, 0) is 20.7 Å². The summed E-state index contributed by atoms with van der Waals surface area (Å²) in [4.78, 5) is 11.9. The Labute approximate surface area is 125 Å². The van der Waals surface area contributed by atoms with Gasteiger partial charge in [-0.25, -0.2) is 0 Å². The molecule has 0 unspecified atom stereocenters. The number of amides is 1. The summed E-state index contributed by atoms with van der Waals surface area (Å²) in [5.41, 5.74) is 1.31. The van der Waals surface area contributed by atoms with Gasteiger partial charge in [0.05, 0.1) is 6.10 Å². The molecule has 0 radical (unpaired) electrons. The van der Waals surface area contributed by atoms with Gasteiger partial charge in [0.25, 0.3) is 0 Å². The molecule has 3 rings (SSSR count). The summed E-state index contributed by atoms with van der Waals surface area (Å²) in [6.45, 7) is 3.44. The molecule has 114 valence electrons. The lowest BCUT2D eigenvalue weighted by Crippen LogP contribution is -2.62. The third-order valence-corrected chi connectivity index (χ3v) is 4.61. The van der Waals surface area contributed by atoms with Crippen molar-refractivity contribution in [2.45, 2.75) is 31.9 Å². The lowest BCUT2D eigenvalue weighted by atomic mass is 9.64. The van der Waals surface area contributed by atoms with Crippen molar-refractivity contribution in [3.63, 3.8) is 0 Å². The molecule has 1 aromatic rings. The van der Waals surface area contributed by atoms with Gasteiger partial charge in [0, 0.05) is 31.1 Å². The van der Waals surface area contributed by atoms with E-state index in [4.69, 9.17) is 9.47 Å². The molecule has 2 fully saturated rings. The maximum absolute atomic E-state index is 11.9. The predicted octanol–water partition coefficient (Wildman–Crippen LogP) is 1.79. The largest absolute Gasteiger partial charge is 0.377 e. The molecule has 4 heteroatoms. The molecule has 1 aliphatic heterocycles. The van der Waals surface area contributed by atoms with E-state index in [1.165, 1.54) is 5.56 Å². The molecule has 1 aliphatic carbocycles. The smallest absolute Gasteiger partial charge is 0.246 e. The highest BCUT2D eigenvalue weighted by atomic mass is 16.5. The van der Waals surface area contributed by atoms with Crippen molar-refractivity contribution in [3.05, 3.63) is 35.9 Å². The van der Waals surface area contributed by atoms with E-state index in [-0.39, 0.29) is 18.6 Å². The number of rotatable bonds is 6. The molecule has 4 atom stereocenters. The first-order valence-corrected chi connectivity index (χ1v) is 7.82. The zero-order valence-corrected chi connectivity index (χ0v) is 12.5. The highest BCUT2D eigenvalue weighted by Gasteiger charge is 2.53. The number of fused-ring (bicyclic) bond motifs is 1. The van der Waals surface area contributed by atoms with Gasteiger partial charge in [0.1, 0.15) is 6.61 Å². The Kier molecular flexibility index (Phi) is 4.56. The van der Waals surface area contributed by atoms with Crippen LogP contribution in [0.15, 0.2) is 30.3 Å². The fourth-order valence-corrected chi connectivity index (χ4v) is 3.60. The second-order valence-electron chi connectivity index (χ2n) is 5.87. The van der Waals surface area contributed by atoms with Gasteiger partial charge in [-0.2, -0.15) is 0 Å². The van der Waals surface area contributed by atoms with E-state index in [0.29, 0.717) is 24.5 Å². The summed E-state index contributed by atoms with van der Waals surface area (Å²) in [5.74, 6) is 0.847. The number of carbonyl (C=O) groups excluding carboxylic acids is 1. The van der Waals surface area contributed by atoms with Gasteiger partial charge in [-0.1, -0.05) is 30.3 Å². The van der Waals surface area contributed by atoms with Gasteiger partial charge < -0.3 is 14.8 Å². The lowest BCUT2D eigenvalue weighted by Gasteiger charge is -2.48. The maximum Gasteiger partial charge on any atom is 0.246 e. The summed E-state index contributed by atoms with van der Waals surface area (Å²) in [5, 5.41) is 3.15. The van der Waals surface area contributed by atoms with Gasteiger partial charge in [-0.15, -0.1) is 0 Å². The molecule has 2 aliphatic rings. The van der Waals surface area contributed by atoms with Crippen molar-refractivity contribution >= 4 is 5.91 Å². The summed E-state index contributed by atoms with van der Waals surface area (Å²) >= 11 is 0. The van der Waals surface area contributed by atoms with E-state index in [1.54, 1.807) is 0 Å². The average Bonchev–Trinajstić information content (AvgIpc) is 2.94. The van der Waals surface area contributed by atoms with Crippen molar-refractivity contribution in [1.29, 1.82) is 0 Å². The summed E-state index contributed by atoms with van der Waals surface area (Å²) in [6, 6.07) is 10.7. The second kappa shape index (κ2) is 6.58. The third kappa shape index (κ3) is 3.11. The van der Waals surface area contributed by atoms with Crippen LogP contribution in [0.1, 0.15) is 18.9 Å². The van der Waals surface area contributed by atoms with Crippen molar-refractivity contribution in [1.82, 2.24) is 5.32 Å². The first-order valence-electron chi connectivity index (χ1n) is 7.82. The Morgan fingerprint density at radius 2 is 2.19 bits per heavy atom. The van der Waals surface area contributed by atoms with Gasteiger partial charge in [0.2, 0.25) is 5.91 Å². The Balaban J connectivity index is 1.62. The molecule has 1 aromatic carbocycles. The van der Waals surface area contributed by atoms with Crippen molar-refractivity contribution < 1.29 is 14.3 Å². The summed E-state index contributed by atoms with van der Waals surface area (Å²) < 4.78 is 11.0. The first-order chi connectivity index (χ1) is 10.3. The molecule has 4 nitrogen and oxygen atoms in total. The van der Waals surface area contributed by atoms with Crippen LogP contribution in [0.5, 0.6) is 0 Å². The molecular weight excluding hydrogens is 266 g/mol. The molecule has 1 saturated heterocycles. The normalized spacial score (nSPS) is 30.5. The van der Waals surface area contributed by atoms with E-state index in [2.05, 4.69) is 29.6 Å². The van der Waals surface area contributed by atoms with Crippen molar-refractivity contribution in [2.24, 2.45) is 11.8 Å². The quantitative estimate of drug-likeness (QED) is 0.868. The Morgan fingerprint density at radius 1 is 1.38 bits per heavy atom. The molecule has 0 spiro atoms. The number of carbonyl (C=O) groups is 1. The zero-order chi connectivity index (χ0) is 14.7. The van der Waals surface area contributed by atoms with Gasteiger partial charge >= 0.3 is 0 Å². The highest BCUT2D eigenvalue weighted by Crippen LogP contribution is 2.45. The number of hydrogen-bond donors (Lipinski definition) is 1. The Morgan fingerprint density at radius 3 is 2.95 bits per heavy atom. The monoisotopic (exact) mass is 289 g/mol. The van der Waals surface area contributed by atoms with E-state index in [1.807, 2.05) is 13.0 Å². The molecule has 0 bridgehead atoms. The predicted molar refractivity (Wildman–Crippen MR) is 79.9 cm³/mol. The van der Waals surface area contributed by atoms with Crippen LogP contribution in [0.4, 0.5) is 0 Å². The van der Waals surface area contributed by atoms with Crippen molar-refractivity contribution in [3.8, 4) is 0 Å². The van der Waals surface area contributed by atoms with Crippen LogP contribution in [0.3, 0.4) is 0 Å². The minimum Gasteiger partial charge on any atom is -0.377 e. The SMILES string of the molecule is CCOCC(=O)N[C@@H]1[C@H]2CCO[C@H]2[C@H]1Cc1ccccc1. The van der Waals surface area contributed by atoms with Crippen LogP contribution < -0.4 is 5.32 Å².